The third kappa shape index (κ3) is 4.14. The van der Waals surface area contributed by atoms with Crippen LogP contribution in [-0.4, -0.2) is 35.7 Å². The number of aliphatic hydroxyl groups excluding tert-OH is 1. The molecule has 0 radical (unpaired) electrons. The maximum absolute atomic E-state index is 13.7. The molecule has 1 saturated carbocycles. The average molecular weight is 469 g/mol. The zero-order valence-electron chi connectivity index (χ0n) is 19.0. The van der Waals surface area contributed by atoms with E-state index in [2.05, 4.69) is 45.0 Å². The Kier molecular flexibility index (Phi) is 6.26. The number of H-pyrrole nitrogens is 1. The molecule has 1 heterocycles. The van der Waals surface area contributed by atoms with Crippen LogP contribution in [-0.2, 0) is 4.43 Å². The fourth-order valence-corrected chi connectivity index (χ4v) is 9.47. The molecule has 1 aromatic heterocycles. The number of benzene rings is 2. The maximum Gasteiger partial charge on any atom is 0.328 e. The van der Waals surface area contributed by atoms with E-state index in [-0.39, 0.29) is 11.0 Å². The molecule has 1 aliphatic carbocycles. The third-order valence-corrected chi connectivity index (χ3v) is 11.6. The molecule has 0 saturated heterocycles. The lowest BCUT2D eigenvalue weighted by atomic mass is 9.77. The molecule has 0 spiro atoms. The molecule has 1 aliphatic rings. The van der Waals surface area contributed by atoms with Crippen LogP contribution in [0.4, 0.5) is 4.39 Å². The molecule has 33 heavy (non-hydrogen) atoms. The Labute approximate surface area is 192 Å². The summed E-state index contributed by atoms with van der Waals surface area (Å²) in [5.74, 6) is -1.26. The first kappa shape index (κ1) is 23.3. The van der Waals surface area contributed by atoms with E-state index in [0.717, 1.165) is 21.1 Å². The van der Waals surface area contributed by atoms with E-state index in [9.17, 15) is 19.1 Å². The fraction of sp³-hybridized carbons (Fsp3) is 0.360. The van der Waals surface area contributed by atoms with Crippen LogP contribution >= 0.6 is 0 Å². The van der Waals surface area contributed by atoms with Crippen LogP contribution in [0.1, 0.15) is 33.2 Å². The van der Waals surface area contributed by atoms with E-state index in [1.54, 1.807) is 0 Å². The van der Waals surface area contributed by atoms with Gasteiger partial charge in [0.25, 0.3) is 13.9 Å². The van der Waals surface area contributed by atoms with Crippen molar-refractivity contribution < 1.29 is 13.9 Å². The van der Waals surface area contributed by atoms with Gasteiger partial charge in [-0.15, -0.1) is 0 Å². The quantitative estimate of drug-likeness (QED) is 0.543. The number of nitrogens with one attached hydrogen (secondary N) is 1. The molecule has 0 amide bonds. The molecule has 4 rings (SSSR count). The minimum absolute atomic E-state index is 0.192. The van der Waals surface area contributed by atoms with Gasteiger partial charge in [0.05, 0.1) is 18.3 Å². The van der Waals surface area contributed by atoms with Crippen molar-refractivity contribution >= 4 is 18.7 Å². The fourth-order valence-electron chi connectivity index (χ4n) is 4.85. The highest BCUT2D eigenvalue weighted by Crippen LogP contribution is 2.41. The molecular weight excluding hydrogens is 439 g/mol. The normalized spacial score (nSPS) is 20.9. The van der Waals surface area contributed by atoms with Gasteiger partial charge in [-0.05, 0) is 21.8 Å². The molecule has 8 heteroatoms. The zero-order chi connectivity index (χ0) is 23.8. The van der Waals surface area contributed by atoms with Crippen molar-refractivity contribution in [2.75, 3.05) is 6.61 Å². The largest absolute Gasteiger partial charge is 0.407 e. The minimum atomic E-state index is -2.74. The lowest BCUT2D eigenvalue weighted by molar-refractivity contribution is -0.0553. The SMILES string of the molecule is CC(C)(C)[Si](OC[C@H]1C[C@@H](n2cc(F)c(=O)[nH]c2=O)[C@@H]1O)(c1ccccc1)c1ccccc1. The van der Waals surface area contributed by atoms with Crippen molar-refractivity contribution in [3.63, 3.8) is 0 Å². The first-order valence-electron chi connectivity index (χ1n) is 11.1. The van der Waals surface area contributed by atoms with Gasteiger partial charge in [-0.2, -0.15) is 4.39 Å². The van der Waals surface area contributed by atoms with E-state index >= 15 is 0 Å². The molecule has 0 unspecified atom stereocenters. The summed E-state index contributed by atoms with van der Waals surface area (Å²) >= 11 is 0. The molecule has 6 nitrogen and oxygen atoms in total. The number of hydrogen-bond acceptors (Lipinski definition) is 4. The van der Waals surface area contributed by atoms with Crippen molar-refractivity contribution in [3.8, 4) is 0 Å². The van der Waals surface area contributed by atoms with Crippen molar-refractivity contribution in [3.05, 3.63) is 93.5 Å². The monoisotopic (exact) mass is 468 g/mol. The molecular formula is C25H29FN2O4Si. The van der Waals surface area contributed by atoms with E-state index in [1.165, 1.54) is 0 Å². The lowest BCUT2D eigenvalue weighted by Crippen LogP contribution is -2.67. The van der Waals surface area contributed by atoms with Crippen molar-refractivity contribution in [2.24, 2.45) is 5.92 Å². The summed E-state index contributed by atoms with van der Waals surface area (Å²) in [7, 11) is -2.74. The van der Waals surface area contributed by atoms with Gasteiger partial charge in [-0.25, -0.2) is 4.79 Å². The Bertz CT molecular complexity index is 1180. The van der Waals surface area contributed by atoms with E-state index in [1.807, 2.05) is 41.4 Å². The lowest BCUT2D eigenvalue weighted by Gasteiger charge is -2.47. The molecule has 3 atom stereocenters. The summed E-state index contributed by atoms with van der Waals surface area (Å²) in [6.45, 7) is 6.86. The summed E-state index contributed by atoms with van der Waals surface area (Å²) in [5.41, 5.74) is -1.78. The maximum atomic E-state index is 13.7. The van der Waals surface area contributed by atoms with Gasteiger partial charge < -0.3 is 9.53 Å². The predicted octanol–water partition coefficient (Wildman–Crippen LogP) is 2.17. The van der Waals surface area contributed by atoms with E-state index in [0.29, 0.717) is 13.0 Å². The van der Waals surface area contributed by atoms with Gasteiger partial charge in [0.15, 0.2) is 0 Å². The summed E-state index contributed by atoms with van der Waals surface area (Å²) in [5, 5.41) is 12.9. The number of aromatic nitrogens is 2. The van der Waals surface area contributed by atoms with Crippen LogP contribution in [0.15, 0.2) is 76.4 Å². The van der Waals surface area contributed by atoms with E-state index < -0.39 is 37.5 Å². The van der Waals surface area contributed by atoms with Gasteiger partial charge in [0.1, 0.15) is 0 Å². The first-order chi connectivity index (χ1) is 15.6. The Morgan fingerprint density at radius 1 is 1.06 bits per heavy atom. The Morgan fingerprint density at radius 2 is 1.61 bits per heavy atom. The van der Waals surface area contributed by atoms with Crippen molar-refractivity contribution in [1.82, 2.24) is 9.55 Å². The molecule has 0 bridgehead atoms. The van der Waals surface area contributed by atoms with E-state index in [4.69, 9.17) is 4.43 Å². The number of nitrogens with zero attached hydrogens (tertiary/aromatic N) is 1. The van der Waals surface area contributed by atoms with Crippen molar-refractivity contribution in [2.45, 2.75) is 44.4 Å². The third-order valence-electron chi connectivity index (χ3n) is 6.63. The number of rotatable bonds is 6. The van der Waals surface area contributed by atoms with Gasteiger partial charge in [-0.3, -0.25) is 14.3 Å². The summed E-state index contributed by atoms with van der Waals surface area (Å²) in [6.07, 6.45) is 0.435. The van der Waals surface area contributed by atoms with Crippen molar-refractivity contribution in [1.29, 1.82) is 0 Å². The predicted molar refractivity (Wildman–Crippen MR) is 128 cm³/mol. The van der Waals surface area contributed by atoms with Crippen LogP contribution in [0.3, 0.4) is 0 Å². The molecule has 2 aromatic carbocycles. The Hall–Kier alpha value is -2.81. The van der Waals surface area contributed by atoms with Crippen LogP contribution < -0.4 is 21.6 Å². The highest BCUT2D eigenvalue weighted by Gasteiger charge is 2.52. The summed E-state index contributed by atoms with van der Waals surface area (Å²) in [4.78, 5) is 25.4. The number of aliphatic hydroxyl groups is 1. The molecule has 3 aromatic rings. The molecule has 1 fully saturated rings. The minimum Gasteiger partial charge on any atom is -0.407 e. The molecule has 0 aliphatic heterocycles. The highest BCUT2D eigenvalue weighted by molar-refractivity contribution is 6.99. The average Bonchev–Trinajstić information content (AvgIpc) is 2.79. The van der Waals surface area contributed by atoms with Gasteiger partial charge in [-0.1, -0.05) is 81.4 Å². The Morgan fingerprint density at radius 3 is 2.09 bits per heavy atom. The molecule has 2 N–H and O–H groups in total. The smallest absolute Gasteiger partial charge is 0.328 e. The summed E-state index contributed by atoms with van der Waals surface area (Å²) in [6, 6.07) is 19.8. The van der Waals surface area contributed by atoms with Crippen LogP contribution in [0.25, 0.3) is 0 Å². The Balaban J connectivity index is 1.62. The number of hydrogen-bond donors (Lipinski definition) is 2. The van der Waals surface area contributed by atoms with Crippen LogP contribution in [0.2, 0.25) is 5.04 Å². The zero-order valence-corrected chi connectivity index (χ0v) is 20.0. The second-order valence-corrected chi connectivity index (χ2v) is 14.0. The van der Waals surface area contributed by atoms with Gasteiger partial charge in [0.2, 0.25) is 5.82 Å². The summed E-state index contributed by atoms with van der Waals surface area (Å²) < 4.78 is 21.6. The topological polar surface area (TPSA) is 84.3 Å². The second-order valence-electron chi connectivity index (χ2n) is 9.67. The number of halogens is 1. The van der Waals surface area contributed by atoms with Gasteiger partial charge >= 0.3 is 5.69 Å². The highest BCUT2D eigenvalue weighted by atomic mass is 28.4. The second kappa shape index (κ2) is 8.85. The van der Waals surface area contributed by atoms with Gasteiger partial charge in [0, 0.05) is 12.5 Å². The molecule has 174 valence electrons. The number of aromatic amines is 1. The first-order valence-corrected chi connectivity index (χ1v) is 13.0. The standard InChI is InChI=1S/C25H29FN2O4Si/c1-25(2,3)33(18-10-6-4-7-11-18,19-12-8-5-9-13-19)32-16-17-14-21(22(17)29)28-15-20(26)23(30)27-24(28)31/h4-13,15,17,21-22,29H,14,16H2,1-3H3,(H,27,30,31)/t17-,21-,22-/m1/s1. The van der Waals surface area contributed by atoms with Crippen LogP contribution in [0.5, 0.6) is 0 Å². The van der Waals surface area contributed by atoms with Crippen LogP contribution in [0, 0.1) is 11.7 Å².